The van der Waals surface area contributed by atoms with E-state index in [0.717, 1.165) is 12.8 Å². The molecule has 0 aromatic rings. The second-order valence-electron chi connectivity index (χ2n) is 3.06. The summed E-state index contributed by atoms with van der Waals surface area (Å²) in [5.41, 5.74) is 10.5. The highest BCUT2D eigenvalue weighted by Gasteiger charge is 2.12. The SMILES string of the molecule is CCCC(CC(C)N)OC(N)=O. The summed E-state index contributed by atoms with van der Waals surface area (Å²) in [4.78, 5) is 10.4. The van der Waals surface area contributed by atoms with Gasteiger partial charge in [0.15, 0.2) is 0 Å². The molecule has 0 aliphatic rings. The first-order valence-electron chi connectivity index (χ1n) is 4.28. The Morgan fingerprint density at radius 1 is 1.58 bits per heavy atom. The quantitative estimate of drug-likeness (QED) is 0.652. The molecule has 0 saturated heterocycles. The van der Waals surface area contributed by atoms with Gasteiger partial charge in [0.25, 0.3) is 0 Å². The molecule has 12 heavy (non-hydrogen) atoms. The maximum Gasteiger partial charge on any atom is 0.404 e. The van der Waals surface area contributed by atoms with Crippen molar-refractivity contribution < 1.29 is 9.53 Å². The fourth-order valence-corrected chi connectivity index (χ4v) is 1.13. The van der Waals surface area contributed by atoms with Crippen molar-refractivity contribution in [2.24, 2.45) is 11.5 Å². The van der Waals surface area contributed by atoms with Crippen molar-refractivity contribution in [1.29, 1.82) is 0 Å². The van der Waals surface area contributed by atoms with Crippen molar-refractivity contribution in [3.8, 4) is 0 Å². The summed E-state index contributed by atoms with van der Waals surface area (Å²) >= 11 is 0. The molecular weight excluding hydrogens is 156 g/mol. The Morgan fingerprint density at radius 2 is 2.17 bits per heavy atom. The summed E-state index contributed by atoms with van der Waals surface area (Å²) in [5, 5.41) is 0. The summed E-state index contributed by atoms with van der Waals surface area (Å²) in [6, 6.07) is 0.0425. The minimum Gasteiger partial charge on any atom is -0.446 e. The third kappa shape index (κ3) is 5.97. The molecule has 0 rings (SSSR count). The molecule has 72 valence electrons. The van der Waals surface area contributed by atoms with Crippen molar-refractivity contribution in [2.45, 2.75) is 45.3 Å². The zero-order valence-corrected chi connectivity index (χ0v) is 7.75. The fourth-order valence-electron chi connectivity index (χ4n) is 1.13. The maximum atomic E-state index is 10.4. The summed E-state index contributed by atoms with van der Waals surface area (Å²) < 4.78 is 4.86. The molecule has 0 aromatic heterocycles. The van der Waals surface area contributed by atoms with Crippen LogP contribution in [-0.2, 0) is 4.74 Å². The zero-order chi connectivity index (χ0) is 9.56. The van der Waals surface area contributed by atoms with Crippen LogP contribution in [0.15, 0.2) is 0 Å². The summed E-state index contributed by atoms with van der Waals surface area (Å²) in [7, 11) is 0. The highest BCUT2D eigenvalue weighted by Crippen LogP contribution is 2.08. The van der Waals surface area contributed by atoms with Crippen LogP contribution in [-0.4, -0.2) is 18.2 Å². The van der Waals surface area contributed by atoms with E-state index in [4.69, 9.17) is 16.2 Å². The number of hydrogen-bond acceptors (Lipinski definition) is 3. The molecule has 0 aliphatic carbocycles. The number of amides is 1. The largest absolute Gasteiger partial charge is 0.446 e. The predicted octanol–water partition coefficient (Wildman–Crippen LogP) is 0.988. The predicted molar refractivity (Wildman–Crippen MR) is 47.6 cm³/mol. The number of primary amides is 1. The molecule has 0 radical (unpaired) electrons. The smallest absolute Gasteiger partial charge is 0.404 e. The van der Waals surface area contributed by atoms with Gasteiger partial charge in [-0.1, -0.05) is 13.3 Å². The van der Waals surface area contributed by atoms with E-state index in [2.05, 4.69) is 0 Å². The third-order valence-corrected chi connectivity index (χ3v) is 1.53. The van der Waals surface area contributed by atoms with Crippen LogP contribution >= 0.6 is 0 Å². The van der Waals surface area contributed by atoms with Gasteiger partial charge in [0.05, 0.1) is 0 Å². The third-order valence-electron chi connectivity index (χ3n) is 1.53. The number of nitrogens with two attached hydrogens (primary N) is 2. The lowest BCUT2D eigenvalue weighted by Crippen LogP contribution is -2.29. The lowest BCUT2D eigenvalue weighted by atomic mass is 10.1. The van der Waals surface area contributed by atoms with Crippen LogP contribution in [0.25, 0.3) is 0 Å². The van der Waals surface area contributed by atoms with Gasteiger partial charge >= 0.3 is 6.09 Å². The number of rotatable bonds is 5. The lowest BCUT2D eigenvalue weighted by Gasteiger charge is -2.17. The lowest BCUT2D eigenvalue weighted by molar-refractivity contribution is 0.0921. The second-order valence-corrected chi connectivity index (χ2v) is 3.06. The first-order valence-corrected chi connectivity index (χ1v) is 4.28. The maximum absolute atomic E-state index is 10.4. The molecule has 0 heterocycles. The molecule has 4 nitrogen and oxygen atoms in total. The van der Waals surface area contributed by atoms with Gasteiger partial charge in [-0.05, 0) is 19.8 Å². The Kier molecular flexibility index (Phi) is 5.45. The first kappa shape index (κ1) is 11.2. The van der Waals surface area contributed by atoms with E-state index in [0.29, 0.717) is 6.42 Å². The van der Waals surface area contributed by atoms with E-state index in [1.165, 1.54) is 0 Å². The van der Waals surface area contributed by atoms with Crippen LogP contribution in [0.3, 0.4) is 0 Å². The zero-order valence-electron chi connectivity index (χ0n) is 7.75. The molecule has 0 bridgehead atoms. The van der Waals surface area contributed by atoms with Gasteiger partial charge in [-0.15, -0.1) is 0 Å². The first-order chi connectivity index (χ1) is 5.56. The summed E-state index contributed by atoms with van der Waals surface area (Å²) in [5.74, 6) is 0. The van der Waals surface area contributed by atoms with Crippen molar-refractivity contribution in [1.82, 2.24) is 0 Å². The average Bonchev–Trinajstić information content (AvgIpc) is 1.84. The van der Waals surface area contributed by atoms with E-state index in [1.807, 2.05) is 13.8 Å². The van der Waals surface area contributed by atoms with Gasteiger partial charge < -0.3 is 16.2 Å². The van der Waals surface area contributed by atoms with Gasteiger partial charge in [-0.3, -0.25) is 0 Å². The molecule has 0 saturated carbocycles. The van der Waals surface area contributed by atoms with E-state index >= 15 is 0 Å². The van der Waals surface area contributed by atoms with Crippen LogP contribution in [0.4, 0.5) is 4.79 Å². The fraction of sp³-hybridized carbons (Fsp3) is 0.875. The topological polar surface area (TPSA) is 78.3 Å². The molecule has 0 aromatic carbocycles. The number of ether oxygens (including phenoxy) is 1. The Hall–Kier alpha value is -0.770. The van der Waals surface area contributed by atoms with Crippen molar-refractivity contribution in [3.05, 3.63) is 0 Å². The normalized spacial score (nSPS) is 15.2. The van der Waals surface area contributed by atoms with E-state index < -0.39 is 6.09 Å². The second kappa shape index (κ2) is 5.83. The minimum absolute atomic E-state index is 0.0425. The van der Waals surface area contributed by atoms with Crippen molar-refractivity contribution >= 4 is 6.09 Å². The molecule has 4 heteroatoms. The molecule has 0 aliphatic heterocycles. The molecule has 0 spiro atoms. The van der Waals surface area contributed by atoms with E-state index in [9.17, 15) is 4.79 Å². The molecule has 1 amide bonds. The van der Waals surface area contributed by atoms with Gasteiger partial charge in [0.1, 0.15) is 6.10 Å². The van der Waals surface area contributed by atoms with Crippen LogP contribution in [0.1, 0.15) is 33.1 Å². The highest BCUT2D eigenvalue weighted by molar-refractivity contribution is 5.64. The summed E-state index contributed by atoms with van der Waals surface area (Å²) in [6.45, 7) is 3.91. The van der Waals surface area contributed by atoms with Crippen LogP contribution in [0.5, 0.6) is 0 Å². The van der Waals surface area contributed by atoms with Crippen LogP contribution in [0, 0.1) is 0 Å². The Balaban J connectivity index is 3.77. The van der Waals surface area contributed by atoms with Gasteiger partial charge in [-0.2, -0.15) is 0 Å². The van der Waals surface area contributed by atoms with Crippen LogP contribution < -0.4 is 11.5 Å². The van der Waals surface area contributed by atoms with Gasteiger partial charge in [-0.25, -0.2) is 4.79 Å². The highest BCUT2D eigenvalue weighted by atomic mass is 16.6. The number of hydrogen-bond donors (Lipinski definition) is 2. The van der Waals surface area contributed by atoms with Crippen molar-refractivity contribution in [3.63, 3.8) is 0 Å². The van der Waals surface area contributed by atoms with Gasteiger partial charge in [0, 0.05) is 6.04 Å². The van der Waals surface area contributed by atoms with Crippen LogP contribution in [0.2, 0.25) is 0 Å². The van der Waals surface area contributed by atoms with Gasteiger partial charge in [0.2, 0.25) is 0 Å². The molecule has 2 atom stereocenters. The molecular formula is C8H18N2O2. The molecule has 4 N–H and O–H groups in total. The standard InChI is InChI=1S/C8H18N2O2/c1-3-4-7(5-6(2)9)12-8(10)11/h6-7H,3-5,9H2,1-2H3,(H2,10,11). The number of carbonyl (C=O) groups is 1. The summed E-state index contributed by atoms with van der Waals surface area (Å²) in [6.07, 6.45) is 1.63. The average molecular weight is 174 g/mol. The van der Waals surface area contributed by atoms with E-state index in [-0.39, 0.29) is 12.1 Å². The minimum atomic E-state index is -0.714. The van der Waals surface area contributed by atoms with E-state index in [1.54, 1.807) is 0 Å². The Labute approximate surface area is 73.2 Å². The monoisotopic (exact) mass is 174 g/mol. The Bertz CT molecular complexity index is 137. The van der Waals surface area contributed by atoms with Crippen molar-refractivity contribution in [2.75, 3.05) is 0 Å². The number of carbonyl (C=O) groups excluding carboxylic acids is 1. The molecule has 0 fully saturated rings. The molecule has 2 unspecified atom stereocenters. The Morgan fingerprint density at radius 3 is 2.50 bits per heavy atom.